The molecular formula is C22H16ClFN2O3S. The fourth-order valence-electron chi connectivity index (χ4n) is 3.36. The molecule has 152 valence electrons. The lowest BCUT2D eigenvalue weighted by molar-refractivity contribution is -0.136. The van der Waals surface area contributed by atoms with Crippen LogP contribution in [0.25, 0.3) is 6.08 Å². The van der Waals surface area contributed by atoms with Crippen LogP contribution in [0.2, 0.25) is 5.02 Å². The number of hydrogen-bond donors (Lipinski definition) is 0. The zero-order valence-electron chi connectivity index (χ0n) is 16.1. The van der Waals surface area contributed by atoms with Gasteiger partial charge in [-0.2, -0.15) is 0 Å². The molecular weight excluding hydrogens is 427 g/mol. The maximum Gasteiger partial charge on any atom is 0.338 e. The van der Waals surface area contributed by atoms with Crippen molar-refractivity contribution < 1.29 is 13.9 Å². The Kier molecular flexibility index (Phi) is 5.40. The van der Waals surface area contributed by atoms with Crippen molar-refractivity contribution in [1.29, 1.82) is 0 Å². The topological polar surface area (TPSA) is 60.7 Å². The minimum Gasteiger partial charge on any atom is -0.466 e. The maximum absolute atomic E-state index is 13.5. The number of allylic oxidation sites excluding steroid dienone is 1. The molecule has 0 fully saturated rings. The number of fused-ring (bicyclic) bond motifs is 1. The molecule has 1 aliphatic rings. The molecule has 1 atom stereocenters. The Morgan fingerprint density at radius 2 is 1.87 bits per heavy atom. The predicted octanol–water partition coefficient (Wildman–Crippen LogP) is 3.20. The summed E-state index contributed by atoms with van der Waals surface area (Å²) in [4.78, 5) is 30.8. The number of hydrogen-bond acceptors (Lipinski definition) is 5. The van der Waals surface area contributed by atoms with Gasteiger partial charge in [0.2, 0.25) is 0 Å². The third-order valence-electron chi connectivity index (χ3n) is 4.78. The first-order chi connectivity index (χ1) is 14.4. The molecule has 0 radical (unpaired) electrons. The molecule has 0 aliphatic carbocycles. The van der Waals surface area contributed by atoms with Crippen molar-refractivity contribution in [3.63, 3.8) is 0 Å². The summed E-state index contributed by atoms with van der Waals surface area (Å²) in [7, 11) is 1.27. The molecule has 2 aromatic carbocycles. The molecule has 4 rings (SSSR count). The van der Waals surface area contributed by atoms with Crippen molar-refractivity contribution in [3.8, 4) is 0 Å². The molecule has 0 saturated carbocycles. The summed E-state index contributed by atoms with van der Waals surface area (Å²) in [5.74, 6) is -0.994. The number of esters is 1. The van der Waals surface area contributed by atoms with Gasteiger partial charge in [-0.1, -0.05) is 47.2 Å². The van der Waals surface area contributed by atoms with Gasteiger partial charge in [0.15, 0.2) is 4.80 Å². The number of carbonyl (C=O) groups excluding carboxylic acids is 1. The number of ether oxygens (including phenoxy) is 1. The number of nitrogens with zero attached hydrogens (tertiary/aromatic N) is 2. The Morgan fingerprint density at radius 3 is 2.50 bits per heavy atom. The molecule has 8 heteroatoms. The number of rotatable bonds is 3. The van der Waals surface area contributed by atoms with E-state index in [2.05, 4.69) is 4.99 Å². The Hall–Kier alpha value is -3.03. The van der Waals surface area contributed by atoms with Crippen LogP contribution in [0.3, 0.4) is 0 Å². The van der Waals surface area contributed by atoms with Crippen LogP contribution in [0.1, 0.15) is 24.1 Å². The van der Waals surface area contributed by atoms with Crippen LogP contribution < -0.4 is 14.9 Å². The van der Waals surface area contributed by atoms with Gasteiger partial charge >= 0.3 is 5.97 Å². The van der Waals surface area contributed by atoms with E-state index in [1.165, 1.54) is 35.1 Å². The van der Waals surface area contributed by atoms with Crippen LogP contribution in [-0.2, 0) is 9.53 Å². The Morgan fingerprint density at radius 1 is 1.20 bits per heavy atom. The normalized spacial score (nSPS) is 16.3. The van der Waals surface area contributed by atoms with Gasteiger partial charge in [-0.15, -0.1) is 0 Å². The maximum atomic E-state index is 13.5. The second-order valence-corrected chi connectivity index (χ2v) is 8.12. The Balaban J connectivity index is 1.96. The van der Waals surface area contributed by atoms with Crippen LogP contribution in [-0.4, -0.2) is 17.6 Å². The number of carbonyl (C=O) groups is 1. The summed E-state index contributed by atoms with van der Waals surface area (Å²) < 4.78 is 20.4. The van der Waals surface area contributed by atoms with E-state index in [1.807, 2.05) is 12.1 Å². The molecule has 3 aromatic rings. The number of halogens is 2. The smallest absolute Gasteiger partial charge is 0.338 e. The van der Waals surface area contributed by atoms with Crippen molar-refractivity contribution >= 4 is 35.0 Å². The van der Waals surface area contributed by atoms with E-state index in [0.29, 0.717) is 25.6 Å². The fraction of sp³-hybridized carbons (Fsp3) is 0.136. The first-order valence-electron chi connectivity index (χ1n) is 9.01. The minimum atomic E-state index is -0.762. The molecule has 2 heterocycles. The lowest BCUT2D eigenvalue weighted by atomic mass is 9.96. The Labute approximate surface area is 180 Å². The SMILES string of the molecule is COC(=O)C1=C(C)N=c2s/c(=C/c3ccc(Cl)cc3)c(=O)n2C1c1ccc(F)cc1. The second kappa shape index (κ2) is 8.01. The summed E-state index contributed by atoms with van der Waals surface area (Å²) in [6, 6.07) is 12.0. The van der Waals surface area contributed by atoms with E-state index in [-0.39, 0.29) is 11.1 Å². The molecule has 1 unspecified atom stereocenters. The highest BCUT2D eigenvalue weighted by molar-refractivity contribution is 7.07. The minimum absolute atomic E-state index is 0.245. The first-order valence-corrected chi connectivity index (χ1v) is 10.2. The van der Waals surface area contributed by atoms with Gasteiger partial charge in [-0.05, 0) is 48.4 Å². The van der Waals surface area contributed by atoms with Gasteiger partial charge in [0.1, 0.15) is 5.82 Å². The van der Waals surface area contributed by atoms with E-state index in [4.69, 9.17) is 16.3 Å². The average Bonchev–Trinajstić information content (AvgIpc) is 3.03. The van der Waals surface area contributed by atoms with Gasteiger partial charge in [0.05, 0.1) is 29.0 Å². The molecule has 1 aliphatic heterocycles. The van der Waals surface area contributed by atoms with Crippen LogP contribution >= 0.6 is 22.9 Å². The number of methoxy groups -OCH3 is 1. The zero-order chi connectivity index (χ0) is 21.4. The third-order valence-corrected chi connectivity index (χ3v) is 6.02. The van der Waals surface area contributed by atoms with Crippen LogP contribution in [0.15, 0.2) is 69.6 Å². The van der Waals surface area contributed by atoms with E-state index >= 15 is 0 Å². The lowest BCUT2D eigenvalue weighted by Gasteiger charge is -2.24. The molecule has 0 N–H and O–H groups in total. The van der Waals surface area contributed by atoms with Crippen molar-refractivity contribution in [2.24, 2.45) is 4.99 Å². The molecule has 1 aromatic heterocycles. The third kappa shape index (κ3) is 3.62. The summed E-state index contributed by atoms with van der Waals surface area (Å²) in [5.41, 5.74) is 1.80. The van der Waals surface area contributed by atoms with Gasteiger partial charge < -0.3 is 4.74 Å². The van der Waals surface area contributed by atoms with E-state index in [0.717, 1.165) is 5.56 Å². The molecule has 0 saturated heterocycles. The van der Waals surface area contributed by atoms with Crippen LogP contribution in [0, 0.1) is 5.82 Å². The highest BCUT2D eigenvalue weighted by Crippen LogP contribution is 2.30. The molecule has 0 bridgehead atoms. The van der Waals surface area contributed by atoms with E-state index in [1.54, 1.807) is 37.3 Å². The average molecular weight is 443 g/mol. The van der Waals surface area contributed by atoms with Crippen LogP contribution in [0.5, 0.6) is 0 Å². The largest absolute Gasteiger partial charge is 0.466 e. The van der Waals surface area contributed by atoms with Crippen molar-refractivity contribution in [3.05, 3.63) is 101 Å². The summed E-state index contributed by atoms with van der Waals surface area (Å²) in [6.45, 7) is 1.69. The Bertz CT molecular complexity index is 1340. The van der Waals surface area contributed by atoms with E-state index in [9.17, 15) is 14.0 Å². The zero-order valence-corrected chi connectivity index (χ0v) is 17.6. The first kappa shape index (κ1) is 20.3. The van der Waals surface area contributed by atoms with Crippen molar-refractivity contribution in [2.75, 3.05) is 7.11 Å². The van der Waals surface area contributed by atoms with Crippen molar-refractivity contribution in [2.45, 2.75) is 13.0 Å². The number of benzene rings is 2. The fourth-order valence-corrected chi connectivity index (χ4v) is 4.54. The molecule has 30 heavy (non-hydrogen) atoms. The molecule has 5 nitrogen and oxygen atoms in total. The lowest BCUT2D eigenvalue weighted by Crippen LogP contribution is -2.39. The van der Waals surface area contributed by atoms with Crippen molar-refractivity contribution in [1.82, 2.24) is 4.57 Å². The predicted molar refractivity (Wildman–Crippen MR) is 114 cm³/mol. The van der Waals surface area contributed by atoms with E-state index < -0.39 is 17.8 Å². The summed E-state index contributed by atoms with van der Waals surface area (Å²) >= 11 is 7.16. The highest BCUT2D eigenvalue weighted by atomic mass is 35.5. The van der Waals surface area contributed by atoms with Gasteiger partial charge in [0, 0.05) is 5.02 Å². The van der Waals surface area contributed by atoms with Gasteiger partial charge in [-0.25, -0.2) is 14.2 Å². The number of aromatic nitrogens is 1. The molecule has 0 amide bonds. The van der Waals surface area contributed by atoms with Gasteiger partial charge in [0.25, 0.3) is 5.56 Å². The van der Waals surface area contributed by atoms with Gasteiger partial charge in [-0.3, -0.25) is 9.36 Å². The standard InChI is InChI=1S/C22H16ClFN2O3S/c1-12-18(21(28)29-2)19(14-5-9-16(24)10-6-14)26-20(27)17(30-22(26)25-12)11-13-3-7-15(23)8-4-13/h3-11,19H,1-2H3/b17-11+. The molecule has 0 spiro atoms. The quantitative estimate of drug-likeness (QED) is 0.585. The monoisotopic (exact) mass is 442 g/mol. The summed E-state index contributed by atoms with van der Waals surface area (Å²) in [6.07, 6.45) is 1.75. The van der Waals surface area contributed by atoms with Crippen LogP contribution in [0.4, 0.5) is 4.39 Å². The second-order valence-electron chi connectivity index (χ2n) is 6.68. The summed E-state index contributed by atoms with van der Waals surface area (Å²) in [5, 5.41) is 0.600. The highest BCUT2D eigenvalue weighted by Gasteiger charge is 2.33. The number of thiazole rings is 1.